The van der Waals surface area contributed by atoms with Crippen molar-refractivity contribution in [1.29, 1.82) is 0 Å². The number of H-pyrrole nitrogens is 2. The highest BCUT2D eigenvalue weighted by atomic mass is 32.2. The van der Waals surface area contributed by atoms with Crippen molar-refractivity contribution in [3.63, 3.8) is 0 Å². The molecular weight excluding hydrogens is 541 g/mol. The van der Waals surface area contributed by atoms with Crippen molar-refractivity contribution in [3.8, 4) is 33.6 Å². The van der Waals surface area contributed by atoms with E-state index in [9.17, 15) is 12.8 Å². The smallest absolute Gasteiger partial charge is 0.209 e. The van der Waals surface area contributed by atoms with Gasteiger partial charge in [-0.25, -0.2) is 22.5 Å². The van der Waals surface area contributed by atoms with Gasteiger partial charge < -0.3 is 10.3 Å². The van der Waals surface area contributed by atoms with Crippen LogP contribution in [0.5, 0.6) is 0 Å². The average molecular weight is 570 g/mol. The summed E-state index contributed by atoms with van der Waals surface area (Å²) in [5, 5.41) is 12.6. The number of rotatable bonds is 8. The summed E-state index contributed by atoms with van der Waals surface area (Å²) >= 11 is 0. The second-order valence-corrected chi connectivity index (χ2v) is 12.2. The van der Waals surface area contributed by atoms with Crippen molar-refractivity contribution in [3.05, 3.63) is 84.6 Å². The van der Waals surface area contributed by atoms with Crippen LogP contribution in [0, 0.1) is 5.82 Å². The Balaban J connectivity index is 1.40. The van der Waals surface area contributed by atoms with Crippen molar-refractivity contribution in [2.45, 2.75) is 26.4 Å². The lowest BCUT2D eigenvalue weighted by Gasteiger charge is -2.10. The van der Waals surface area contributed by atoms with Gasteiger partial charge in [0.1, 0.15) is 5.82 Å². The maximum Gasteiger partial charge on any atom is 0.209 e. The summed E-state index contributed by atoms with van der Waals surface area (Å²) in [6.45, 7) is 4.15. The number of hydrogen-bond acceptors (Lipinski definition) is 6. The molecule has 6 aromatic rings. The van der Waals surface area contributed by atoms with Crippen LogP contribution in [0.1, 0.15) is 19.4 Å². The number of benzene rings is 2. The van der Waals surface area contributed by atoms with Gasteiger partial charge in [0.2, 0.25) is 10.0 Å². The van der Waals surface area contributed by atoms with Gasteiger partial charge in [-0.3, -0.25) is 10.1 Å². The highest BCUT2D eigenvalue weighted by Gasteiger charge is 2.16. The van der Waals surface area contributed by atoms with Crippen LogP contribution < -0.4 is 10.0 Å². The van der Waals surface area contributed by atoms with Crippen molar-refractivity contribution in [2.24, 2.45) is 0 Å². The Hall–Kier alpha value is -4.61. The minimum atomic E-state index is -3.41. The molecule has 0 aliphatic heterocycles. The molecule has 0 radical (unpaired) electrons. The van der Waals surface area contributed by atoms with E-state index in [1.54, 1.807) is 18.5 Å². The Kier molecular flexibility index (Phi) is 6.76. The predicted octanol–water partition coefficient (Wildman–Crippen LogP) is 5.84. The molecule has 4 aromatic heterocycles. The first-order valence-electron chi connectivity index (χ1n) is 13.1. The summed E-state index contributed by atoms with van der Waals surface area (Å²) < 4.78 is 40.1. The molecule has 208 valence electrons. The second-order valence-electron chi connectivity index (χ2n) is 10.3. The molecule has 41 heavy (non-hydrogen) atoms. The molecule has 11 heteroatoms. The Morgan fingerprint density at radius 2 is 1.78 bits per heavy atom. The Morgan fingerprint density at radius 1 is 0.951 bits per heavy atom. The van der Waals surface area contributed by atoms with E-state index >= 15 is 0 Å². The topological polar surface area (TPSA) is 128 Å². The molecule has 0 amide bonds. The molecule has 0 aliphatic rings. The van der Waals surface area contributed by atoms with E-state index in [1.165, 1.54) is 12.1 Å². The molecule has 2 aromatic carbocycles. The minimum Gasteiger partial charge on any atom is -0.382 e. The van der Waals surface area contributed by atoms with Crippen LogP contribution in [-0.2, 0) is 16.6 Å². The SMILES string of the molecule is CC(C)Nc1cncc(-c2cnc3n[nH]c(-c4cc5c(-c6cc(F)cc(CNS(C)(=O)=O)c6)cccc5[nH]4)c3c2)c1. The third-order valence-corrected chi connectivity index (χ3v) is 7.35. The van der Waals surface area contributed by atoms with Gasteiger partial charge in [0.25, 0.3) is 0 Å². The molecule has 0 fully saturated rings. The number of pyridine rings is 2. The van der Waals surface area contributed by atoms with Crippen LogP contribution in [0.4, 0.5) is 10.1 Å². The number of sulfonamides is 1. The molecule has 6 rings (SSSR count). The van der Waals surface area contributed by atoms with E-state index < -0.39 is 15.8 Å². The summed E-state index contributed by atoms with van der Waals surface area (Å²) in [4.78, 5) is 12.4. The number of nitrogens with one attached hydrogen (secondary N) is 4. The van der Waals surface area contributed by atoms with E-state index in [1.807, 2.05) is 42.6 Å². The number of nitrogens with zero attached hydrogens (tertiary/aromatic N) is 3. The Morgan fingerprint density at radius 3 is 2.59 bits per heavy atom. The molecule has 0 saturated heterocycles. The summed E-state index contributed by atoms with van der Waals surface area (Å²) in [5.74, 6) is -0.444. The maximum absolute atomic E-state index is 14.6. The average Bonchev–Trinajstić information content (AvgIpc) is 3.54. The quantitative estimate of drug-likeness (QED) is 0.182. The van der Waals surface area contributed by atoms with E-state index in [4.69, 9.17) is 0 Å². The molecule has 4 heterocycles. The van der Waals surface area contributed by atoms with Gasteiger partial charge in [0.05, 0.1) is 23.3 Å². The first-order valence-corrected chi connectivity index (χ1v) is 14.9. The monoisotopic (exact) mass is 569 g/mol. The third-order valence-electron chi connectivity index (χ3n) is 6.68. The van der Waals surface area contributed by atoms with Gasteiger partial charge in [-0.05, 0) is 73.0 Å². The summed E-state index contributed by atoms with van der Waals surface area (Å²) in [6.07, 6.45) is 6.46. The largest absolute Gasteiger partial charge is 0.382 e. The van der Waals surface area contributed by atoms with Crippen LogP contribution in [-0.4, -0.2) is 45.9 Å². The number of fused-ring (bicyclic) bond motifs is 2. The van der Waals surface area contributed by atoms with Crippen molar-refractivity contribution in [1.82, 2.24) is 29.9 Å². The zero-order valence-electron chi connectivity index (χ0n) is 22.7. The summed E-state index contributed by atoms with van der Waals surface area (Å²) in [6, 6.07) is 16.7. The van der Waals surface area contributed by atoms with Gasteiger partial charge >= 0.3 is 0 Å². The first-order chi connectivity index (χ1) is 19.6. The lowest BCUT2D eigenvalue weighted by molar-refractivity contribution is 0.586. The summed E-state index contributed by atoms with van der Waals surface area (Å²) in [7, 11) is -3.41. The predicted molar refractivity (Wildman–Crippen MR) is 160 cm³/mol. The number of halogens is 1. The van der Waals surface area contributed by atoms with Gasteiger partial charge in [-0.2, -0.15) is 5.10 Å². The van der Waals surface area contributed by atoms with Gasteiger partial charge in [-0.1, -0.05) is 12.1 Å². The fraction of sp³-hybridized carbons (Fsp3) is 0.167. The number of aromatic nitrogens is 5. The van der Waals surface area contributed by atoms with E-state index in [0.29, 0.717) is 16.8 Å². The highest BCUT2D eigenvalue weighted by molar-refractivity contribution is 7.88. The van der Waals surface area contributed by atoms with Crippen molar-refractivity contribution in [2.75, 3.05) is 11.6 Å². The molecule has 0 saturated carbocycles. The lowest BCUT2D eigenvalue weighted by Crippen LogP contribution is -2.21. The molecule has 0 atom stereocenters. The third kappa shape index (κ3) is 5.67. The van der Waals surface area contributed by atoms with Crippen LogP contribution in [0.15, 0.2) is 73.2 Å². The zero-order chi connectivity index (χ0) is 28.7. The fourth-order valence-electron chi connectivity index (χ4n) is 4.94. The fourth-order valence-corrected chi connectivity index (χ4v) is 5.37. The van der Waals surface area contributed by atoms with Crippen molar-refractivity contribution >= 4 is 37.6 Å². The molecule has 0 unspecified atom stereocenters. The standard InChI is InChI=1S/C30H28FN7O2S/c1-17(2)35-23-10-20(14-32-16-23)21-11-26-29(37-38-30(26)33-15-21)28-12-25-24(5-4-6-27(25)36-28)19-7-18(8-22(31)9-19)13-34-41(3,39)40/h4-12,14-17,34-36H,13H2,1-3H3,(H,33,37,38). The number of hydrogen-bond donors (Lipinski definition) is 4. The van der Waals surface area contributed by atoms with Gasteiger partial charge in [0, 0.05) is 58.6 Å². The molecule has 0 aliphatic carbocycles. The number of aromatic amines is 2. The van der Waals surface area contributed by atoms with Gasteiger partial charge in [-0.15, -0.1) is 0 Å². The molecule has 0 bridgehead atoms. The molecular formula is C30H28FN7O2S. The van der Waals surface area contributed by atoms with Crippen LogP contribution in [0.3, 0.4) is 0 Å². The highest BCUT2D eigenvalue weighted by Crippen LogP contribution is 2.35. The Bertz CT molecular complexity index is 2010. The normalized spacial score (nSPS) is 12.0. The minimum absolute atomic E-state index is 0.000611. The summed E-state index contributed by atoms with van der Waals surface area (Å²) in [5.41, 5.74) is 7.78. The lowest BCUT2D eigenvalue weighted by atomic mass is 9.99. The van der Waals surface area contributed by atoms with E-state index in [-0.39, 0.29) is 12.6 Å². The molecule has 0 spiro atoms. The molecule has 4 N–H and O–H groups in total. The second kappa shape index (κ2) is 10.4. The Labute approximate surface area is 236 Å². The first kappa shape index (κ1) is 26.6. The number of anilines is 1. The van der Waals surface area contributed by atoms with E-state index in [2.05, 4.69) is 49.0 Å². The van der Waals surface area contributed by atoms with Crippen molar-refractivity contribution < 1.29 is 12.8 Å². The zero-order valence-corrected chi connectivity index (χ0v) is 23.5. The van der Waals surface area contributed by atoms with E-state index in [0.717, 1.165) is 56.3 Å². The maximum atomic E-state index is 14.6. The van der Waals surface area contributed by atoms with Gasteiger partial charge in [0.15, 0.2) is 5.65 Å². The molecule has 9 nitrogen and oxygen atoms in total. The van der Waals surface area contributed by atoms with Crippen LogP contribution in [0.25, 0.3) is 55.6 Å². The van der Waals surface area contributed by atoms with Crippen LogP contribution >= 0.6 is 0 Å². The van der Waals surface area contributed by atoms with Crippen LogP contribution in [0.2, 0.25) is 0 Å².